The largest absolute Gasteiger partial charge is 0.393 e. The molecular formula is C9H12O. The van der Waals surface area contributed by atoms with Crippen molar-refractivity contribution >= 4 is 0 Å². The Balaban J connectivity index is 1.96. The van der Waals surface area contributed by atoms with Crippen molar-refractivity contribution < 1.29 is 5.11 Å². The Kier molecular flexibility index (Phi) is 0.791. The van der Waals surface area contributed by atoms with E-state index in [0.29, 0.717) is 5.92 Å². The average molecular weight is 136 g/mol. The van der Waals surface area contributed by atoms with Crippen LogP contribution in [0.2, 0.25) is 0 Å². The van der Waals surface area contributed by atoms with Gasteiger partial charge in [0.25, 0.3) is 0 Å². The van der Waals surface area contributed by atoms with Gasteiger partial charge in [-0.25, -0.2) is 0 Å². The molecule has 0 spiro atoms. The molecule has 0 aliphatic heterocycles. The standard InChI is InChI=1S/C9H12O/c10-8-4-7-5-1-2-6(3-5)9(7)8/h1-2,5-10H,3-4H2/t5-,6+,7+,8?,9-/m1/s1. The van der Waals surface area contributed by atoms with Crippen LogP contribution in [0.25, 0.3) is 0 Å². The molecule has 3 rings (SSSR count). The summed E-state index contributed by atoms with van der Waals surface area (Å²) in [5.74, 6) is 3.12. The highest BCUT2D eigenvalue weighted by atomic mass is 16.3. The van der Waals surface area contributed by atoms with Crippen molar-refractivity contribution in [2.45, 2.75) is 18.9 Å². The SMILES string of the molecule is OC1C[C@@H]2[C@H]1[C@H]1C=C[C@@H]2C1. The summed E-state index contributed by atoms with van der Waals surface area (Å²) in [5, 5.41) is 9.41. The van der Waals surface area contributed by atoms with E-state index in [1.807, 2.05) is 0 Å². The molecular weight excluding hydrogens is 124 g/mol. The van der Waals surface area contributed by atoms with Crippen LogP contribution < -0.4 is 0 Å². The molecule has 1 nitrogen and oxygen atoms in total. The fourth-order valence-electron chi connectivity index (χ4n) is 3.11. The predicted octanol–water partition coefficient (Wildman–Crippen LogP) is 1.19. The fraction of sp³-hybridized carbons (Fsp3) is 0.778. The molecule has 1 N–H and O–H groups in total. The molecule has 3 aliphatic rings. The summed E-state index contributed by atoms with van der Waals surface area (Å²) >= 11 is 0. The third kappa shape index (κ3) is 0.420. The molecule has 0 aromatic heterocycles. The summed E-state index contributed by atoms with van der Waals surface area (Å²) in [7, 11) is 0. The average Bonchev–Trinajstić information content (AvgIpc) is 2.40. The summed E-state index contributed by atoms with van der Waals surface area (Å²) in [4.78, 5) is 0. The zero-order valence-electron chi connectivity index (χ0n) is 5.90. The second kappa shape index (κ2) is 1.48. The van der Waals surface area contributed by atoms with Gasteiger partial charge in [-0.05, 0) is 36.5 Å². The first-order valence-electron chi connectivity index (χ1n) is 4.22. The Morgan fingerprint density at radius 3 is 2.50 bits per heavy atom. The van der Waals surface area contributed by atoms with Gasteiger partial charge in [-0.2, -0.15) is 0 Å². The lowest BCUT2D eigenvalue weighted by Crippen LogP contribution is -2.43. The van der Waals surface area contributed by atoms with Crippen LogP contribution in [0.4, 0.5) is 0 Å². The maximum Gasteiger partial charge on any atom is 0.0579 e. The first-order chi connectivity index (χ1) is 4.86. The number of fused-ring (bicyclic) bond motifs is 5. The third-order valence-electron chi connectivity index (χ3n) is 3.65. The van der Waals surface area contributed by atoms with Crippen molar-refractivity contribution in [1.82, 2.24) is 0 Å². The molecule has 0 radical (unpaired) electrons. The van der Waals surface area contributed by atoms with Gasteiger partial charge in [-0.3, -0.25) is 0 Å². The van der Waals surface area contributed by atoms with Gasteiger partial charge in [0.2, 0.25) is 0 Å². The highest BCUT2D eigenvalue weighted by Gasteiger charge is 2.54. The molecule has 0 amide bonds. The Labute approximate surface area is 60.7 Å². The number of aliphatic hydroxyl groups excluding tert-OH is 1. The quantitative estimate of drug-likeness (QED) is 0.496. The summed E-state index contributed by atoms with van der Waals surface area (Å²) < 4.78 is 0. The molecule has 0 heterocycles. The van der Waals surface area contributed by atoms with Crippen molar-refractivity contribution in [3.05, 3.63) is 12.2 Å². The van der Waals surface area contributed by atoms with Crippen LogP contribution in [0.3, 0.4) is 0 Å². The van der Waals surface area contributed by atoms with Crippen LogP contribution in [-0.4, -0.2) is 11.2 Å². The minimum absolute atomic E-state index is 0.0462. The van der Waals surface area contributed by atoms with E-state index in [1.54, 1.807) is 0 Å². The normalized spacial score (nSPS) is 62.3. The van der Waals surface area contributed by atoms with Crippen molar-refractivity contribution in [1.29, 1.82) is 0 Å². The smallest absolute Gasteiger partial charge is 0.0579 e. The van der Waals surface area contributed by atoms with E-state index in [0.717, 1.165) is 24.2 Å². The van der Waals surface area contributed by atoms with Crippen LogP contribution in [0.15, 0.2) is 12.2 Å². The van der Waals surface area contributed by atoms with Crippen LogP contribution in [0.5, 0.6) is 0 Å². The van der Waals surface area contributed by atoms with E-state index in [2.05, 4.69) is 12.2 Å². The molecule has 2 saturated carbocycles. The number of allylic oxidation sites excluding steroid dienone is 2. The first kappa shape index (κ1) is 5.36. The molecule has 1 heteroatoms. The Morgan fingerprint density at radius 1 is 1.10 bits per heavy atom. The van der Waals surface area contributed by atoms with Crippen LogP contribution >= 0.6 is 0 Å². The number of hydrogen-bond acceptors (Lipinski definition) is 1. The second-order valence-corrected chi connectivity index (χ2v) is 3.99. The topological polar surface area (TPSA) is 20.2 Å². The van der Waals surface area contributed by atoms with Gasteiger partial charge in [0.15, 0.2) is 0 Å². The van der Waals surface area contributed by atoms with Crippen LogP contribution in [0.1, 0.15) is 12.8 Å². The monoisotopic (exact) mass is 136 g/mol. The zero-order valence-corrected chi connectivity index (χ0v) is 5.90. The van der Waals surface area contributed by atoms with E-state index >= 15 is 0 Å². The van der Waals surface area contributed by atoms with E-state index in [-0.39, 0.29) is 6.10 Å². The van der Waals surface area contributed by atoms with Gasteiger partial charge >= 0.3 is 0 Å². The molecule has 2 fully saturated rings. The summed E-state index contributed by atoms with van der Waals surface area (Å²) in [5.41, 5.74) is 0. The summed E-state index contributed by atoms with van der Waals surface area (Å²) in [6, 6.07) is 0. The molecule has 3 aliphatic carbocycles. The van der Waals surface area contributed by atoms with Gasteiger partial charge < -0.3 is 5.11 Å². The molecule has 10 heavy (non-hydrogen) atoms. The molecule has 54 valence electrons. The Morgan fingerprint density at radius 2 is 1.90 bits per heavy atom. The van der Waals surface area contributed by atoms with Crippen molar-refractivity contribution in [2.75, 3.05) is 0 Å². The van der Waals surface area contributed by atoms with Gasteiger partial charge in [-0.15, -0.1) is 0 Å². The highest BCUT2D eigenvalue weighted by molar-refractivity contribution is 5.18. The second-order valence-electron chi connectivity index (χ2n) is 3.99. The summed E-state index contributed by atoms with van der Waals surface area (Å²) in [6.07, 6.45) is 7.14. The van der Waals surface area contributed by atoms with E-state index in [9.17, 15) is 5.11 Å². The minimum Gasteiger partial charge on any atom is -0.393 e. The number of aliphatic hydroxyl groups is 1. The Hall–Kier alpha value is -0.300. The number of hydrogen-bond donors (Lipinski definition) is 1. The van der Waals surface area contributed by atoms with E-state index in [4.69, 9.17) is 0 Å². The molecule has 1 unspecified atom stereocenters. The van der Waals surface area contributed by atoms with E-state index < -0.39 is 0 Å². The highest BCUT2D eigenvalue weighted by Crippen LogP contribution is 2.57. The van der Waals surface area contributed by atoms with Crippen LogP contribution in [-0.2, 0) is 0 Å². The van der Waals surface area contributed by atoms with Crippen molar-refractivity contribution in [3.63, 3.8) is 0 Å². The van der Waals surface area contributed by atoms with Crippen LogP contribution in [0, 0.1) is 23.7 Å². The molecule has 0 aromatic carbocycles. The lowest BCUT2D eigenvalue weighted by Gasteiger charge is -2.42. The van der Waals surface area contributed by atoms with Gasteiger partial charge in [0, 0.05) is 0 Å². The zero-order chi connectivity index (χ0) is 6.72. The van der Waals surface area contributed by atoms with Gasteiger partial charge in [0.1, 0.15) is 0 Å². The van der Waals surface area contributed by atoms with Gasteiger partial charge in [0.05, 0.1) is 6.10 Å². The van der Waals surface area contributed by atoms with Crippen molar-refractivity contribution in [3.8, 4) is 0 Å². The third-order valence-corrected chi connectivity index (χ3v) is 3.65. The predicted molar refractivity (Wildman–Crippen MR) is 38.3 cm³/mol. The maximum absolute atomic E-state index is 9.41. The summed E-state index contributed by atoms with van der Waals surface area (Å²) in [6.45, 7) is 0. The molecule has 0 saturated heterocycles. The van der Waals surface area contributed by atoms with Crippen molar-refractivity contribution in [2.24, 2.45) is 23.7 Å². The number of rotatable bonds is 0. The molecule has 0 aromatic rings. The maximum atomic E-state index is 9.41. The van der Waals surface area contributed by atoms with E-state index in [1.165, 1.54) is 6.42 Å². The minimum atomic E-state index is 0.0462. The molecule has 2 bridgehead atoms. The molecule has 5 atom stereocenters. The first-order valence-corrected chi connectivity index (χ1v) is 4.22. The Bertz CT molecular complexity index is 197. The van der Waals surface area contributed by atoms with Gasteiger partial charge in [-0.1, -0.05) is 12.2 Å². The fourth-order valence-corrected chi connectivity index (χ4v) is 3.11. The lowest BCUT2D eigenvalue weighted by molar-refractivity contribution is -0.0386. The lowest BCUT2D eigenvalue weighted by atomic mass is 9.66.